The molecule has 0 amide bonds. The molecule has 2 unspecified atom stereocenters. The standard InChI is InChI=1S/C15H24N2O2/c1-12-5-6-17(15(12)11-18)7-8-19-14-4-2-3-13(9-14)10-16/h2-4,9,12,15,18H,5-8,10-11,16H2,1H3. The second-order valence-electron chi connectivity index (χ2n) is 5.25. The lowest BCUT2D eigenvalue weighted by Gasteiger charge is -2.24. The molecule has 0 radical (unpaired) electrons. The third kappa shape index (κ3) is 3.69. The second kappa shape index (κ2) is 6.89. The van der Waals surface area contributed by atoms with Crippen molar-refractivity contribution in [3.63, 3.8) is 0 Å². The molecule has 2 atom stereocenters. The first-order valence-corrected chi connectivity index (χ1v) is 7.01. The number of hydrogen-bond donors (Lipinski definition) is 2. The van der Waals surface area contributed by atoms with Crippen LogP contribution in [0.15, 0.2) is 24.3 Å². The topological polar surface area (TPSA) is 58.7 Å². The van der Waals surface area contributed by atoms with Crippen molar-refractivity contribution in [1.82, 2.24) is 4.90 Å². The highest BCUT2D eigenvalue weighted by Crippen LogP contribution is 2.23. The van der Waals surface area contributed by atoms with Crippen LogP contribution in [0.4, 0.5) is 0 Å². The quantitative estimate of drug-likeness (QED) is 0.811. The third-order valence-electron chi connectivity index (χ3n) is 3.97. The van der Waals surface area contributed by atoms with Gasteiger partial charge in [-0.05, 0) is 36.6 Å². The van der Waals surface area contributed by atoms with Crippen LogP contribution in [0, 0.1) is 5.92 Å². The van der Waals surface area contributed by atoms with Gasteiger partial charge < -0.3 is 15.6 Å². The maximum absolute atomic E-state index is 9.40. The van der Waals surface area contributed by atoms with Crippen molar-refractivity contribution in [2.24, 2.45) is 11.7 Å². The minimum atomic E-state index is 0.240. The van der Waals surface area contributed by atoms with Crippen molar-refractivity contribution >= 4 is 0 Å². The first-order valence-electron chi connectivity index (χ1n) is 7.01. The van der Waals surface area contributed by atoms with E-state index in [9.17, 15) is 5.11 Å². The smallest absolute Gasteiger partial charge is 0.119 e. The number of hydrogen-bond acceptors (Lipinski definition) is 4. The number of aliphatic hydroxyl groups is 1. The molecule has 1 aliphatic heterocycles. The molecule has 3 N–H and O–H groups in total. The lowest BCUT2D eigenvalue weighted by molar-refractivity contribution is 0.123. The number of benzene rings is 1. The Balaban J connectivity index is 1.80. The summed E-state index contributed by atoms with van der Waals surface area (Å²) in [6.45, 7) is 5.54. The lowest BCUT2D eigenvalue weighted by Crippen LogP contribution is -2.37. The van der Waals surface area contributed by atoms with Crippen molar-refractivity contribution in [2.45, 2.75) is 25.9 Å². The van der Waals surface area contributed by atoms with Crippen molar-refractivity contribution in [3.05, 3.63) is 29.8 Å². The maximum atomic E-state index is 9.40. The van der Waals surface area contributed by atoms with E-state index in [0.717, 1.165) is 30.8 Å². The molecule has 1 aliphatic rings. The van der Waals surface area contributed by atoms with Gasteiger partial charge in [0.15, 0.2) is 0 Å². The van der Waals surface area contributed by atoms with E-state index in [0.29, 0.717) is 25.1 Å². The normalized spacial score (nSPS) is 23.7. The molecule has 106 valence electrons. The summed E-state index contributed by atoms with van der Waals surface area (Å²) in [6, 6.07) is 8.19. The molecule has 4 heteroatoms. The van der Waals surface area contributed by atoms with Crippen molar-refractivity contribution < 1.29 is 9.84 Å². The summed E-state index contributed by atoms with van der Waals surface area (Å²) in [4.78, 5) is 2.32. The Kier molecular flexibility index (Phi) is 5.19. The van der Waals surface area contributed by atoms with E-state index in [-0.39, 0.29) is 6.61 Å². The Bertz CT molecular complexity index is 397. The minimum Gasteiger partial charge on any atom is -0.492 e. The van der Waals surface area contributed by atoms with E-state index >= 15 is 0 Å². The zero-order valence-corrected chi connectivity index (χ0v) is 11.6. The first-order chi connectivity index (χ1) is 9.24. The molecule has 0 spiro atoms. The lowest BCUT2D eigenvalue weighted by atomic mass is 10.0. The highest BCUT2D eigenvalue weighted by molar-refractivity contribution is 5.28. The predicted octanol–water partition coefficient (Wildman–Crippen LogP) is 1.23. The summed E-state index contributed by atoms with van der Waals surface area (Å²) in [5.74, 6) is 1.45. The van der Waals surface area contributed by atoms with Gasteiger partial charge in [-0.1, -0.05) is 19.1 Å². The molecular formula is C15H24N2O2. The average Bonchev–Trinajstić information content (AvgIpc) is 2.79. The monoisotopic (exact) mass is 264 g/mol. The Morgan fingerprint density at radius 1 is 1.47 bits per heavy atom. The number of nitrogens with two attached hydrogens (primary N) is 1. The number of likely N-dealkylation sites (tertiary alicyclic amines) is 1. The molecule has 2 rings (SSSR count). The Hall–Kier alpha value is -1.10. The van der Waals surface area contributed by atoms with Gasteiger partial charge in [0.1, 0.15) is 12.4 Å². The third-order valence-corrected chi connectivity index (χ3v) is 3.97. The summed E-state index contributed by atoms with van der Waals surface area (Å²) >= 11 is 0. The maximum Gasteiger partial charge on any atom is 0.119 e. The summed E-state index contributed by atoms with van der Waals surface area (Å²) in [6.07, 6.45) is 1.16. The van der Waals surface area contributed by atoms with Crippen LogP contribution in [0.3, 0.4) is 0 Å². The average molecular weight is 264 g/mol. The van der Waals surface area contributed by atoms with E-state index in [1.165, 1.54) is 0 Å². The van der Waals surface area contributed by atoms with Gasteiger partial charge in [0.2, 0.25) is 0 Å². The van der Waals surface area contributed by atoms with Crippen molar-refractivity contribution in [2.75, 3.05) is 26.3 Å². The molecule has 1 heterocycles. The van der Waals surface area contributed by atoms with Gasteiger partial charge in [-0.2, -0.15) is 0 Å². The number of ether oxygens (including phenoxy) is 1. The summed E-state index contributed by atoms with van der Waals surface area (Å²) in [5, 5.41) is 9.40. The molecule has 1 aromatic rings. The van der Waals surface area contributed by atoms with Crippen molar-refractivity contribution in [1.29, 1.82) is 0 Å². The van der Waals surface area contributed by atoms with E-state index in [1.54, 1.807) is 0 Å². The van der Waals surface area contributed by atoms with Crippen LogP contribution >= 0.6 is 0 Å². The summed E-state index contributed by atoms with van der Waals surface area (Å²) in [7, 11) is 0. The molecule has 4 nitrogen and oxygen atoms in total. The highest BCUT2D eigenvalue weighted by Gasteiger charge is 2.29. The van der Waals surface area contributed by atoms with Crippen LogP contribution < -0.4 is 10.5 Å². The van der Waals surface area contributed by atoms with Crippen LogP contribution in [-0.4, -0.2) is 42.4 Å². The first kappa shape index (κ1) is 14.3. The number of aliphatic hydroxyl groups excluding tert-OH is 1. The van der Waals surface area contributed by atoms with Gasteiger partial charge in [0.05, 0.1) is 6.61 Å². The van der Waals surface area contributed by atoms with Crippen LogP contribution in [0.25, 0.3) is 0 Å². The minimum absolute atomic E-state index is 0.240. The molecular weight excluding hydrogens is 240 g/mol. The van der Waals surface area contributed by atoms with E-state index in [2.05, 4.69) is 11.8 Å². The fourth-order valence-corrected chi connectivity index (χ4v) is 2.70. The van der Waals surface area contributed by atoms with Crippen LogP contribution in [0.5, 0.6) is 5.75 Å². The molecule has 0 bridgehead atoms. The van der Waals surface area contributed by atoms with E-state index in [4.69, 9.17) is 10.5 Å². The molecule has 19 heavy (non-hydrogen) atoms. The SMILES string of the molecule is CC1CCN(CCOc2cccc(CN)c2)C1CO. The van der Waals surface area contributed by atoms with Gasteiger partial charge in [0, 0.05) is 19.1 Å². The predicted molar refractivity (Wildman–Crippen MR) is 76.1 cm³/mol. The molecule has 1 saturated heterocycles. The fraction of sp³-hybridized carbons (Fsp3) is 0.600. The Labute approximate surface area is 115 Å². The molecule has 0 saturated carbocycles. The largest absolute Gasteiger partial charge is 0.492 e. The van der Waals surface area contributed by atoms with Gasteiger partial charge in [-0.3, -0.25) is 4.90 Å². The molecule has 1 aromatic carbocycles. The summed E-state index contributed by atoms with van der Waals surface area (Å²) < 4.78 is 5.76. The second-order valence-corrected chi connectivity index (χ2v) is 5.25. The van der Waals surface area contributed by atoms with E-state index in [1.807, 2.05) is 24.3 Å². The summed E-state index contributed by atoms with van der Waals surface area (Å²) in [5.41, 5.74) is 6.69. The molecule has 0 aliphatic carbocycles. The Morgan fingerprint density at radius 2 is 2.32 bits per heavy atom. The van der Waals surface area contributed by atoms with Gasteiger partial charge >= 0.3 is 0 Å². The van der Waals surface area contributed by atoms with Crippen LogP contribution in [0.1, 0.15) is 18.9 Å². The Morgan fingerprint density at radius 3 is 3.05 bits per heavy atom. The van der Waals surface area contributed by atoms with Crippen molar-refractivity contribution in [3.8, 4) is 5.75 Å². The zero-order chi connectivity index (χ0) is 13.7. The number of nitrogens with zero attached hydrogens (tertiary/aromatic N) is 1. The fourth-order valence-electron chi connectivity index (χ4n) is 2.70. The molecule has 0 aromatic heterocycles. The van der Waals surface area contributed by atoms with Crippen LogP contribution in [-0.2, 0) is 6.54 Å². The van der Waals surface area contributed by atoms with Gasteiger partial charge in [-0.25, -0.2) is 0 Å². The van der Waals surface area contributed by atoms with Gasteiger partial charge in [-0.15, -0.1) is 0 Å². The molecule has 1 fully saturated rings. The van der Waals surface area contributed by atoms with Gasteiger partial charge in [0.25, 0.3) is 0 Å². The van der Waals surface area contributed by atoms with Crippen LogP contribution in [0.2, 0.25) is 0 Å². The van der Waals surface area contributed by atoms with E-state index < -0.39 is 0 Å². The zero-order valence-electron chi connectivity index (χ0n) is 11.6. The number of rotatable bonds is 6. The highest BCUT2D eigenvalue weighted by atomic mass is 16.5.